The van der Waals surface area contributed by atoms with E-state index in [-0.39, 0.29) is 29.1 Å². The molecule has 2 saturated heterocycles. The van der Waals surface area contributed by atoms with Crippen LogP contribution in [0.5, 0.6) is 0 Å². The Hall–Kier alpha value is -3.75. The van der Waals surface area contributed by atoms with Crippen LogP contribution in [0.25, 0.3) is 10.8 Å². The van der Waals surface area contributed by atoms with Gasteiger partial charge in [0.25, 0.3) is 11.5 Å². The van der Waals surface area contributed by atoms with E-state index in [1.165, 1.54) is 13.2 Å². The fourth-order valence-corrected chi connectivity index (χ4v) is 4.76. The van der Waals surface area contributed by atoms with Crippen LogP contribution in [0.3, 0.4) is 0 Å². The van der Waals surface area contributed by atoms with Gasteiger partial charge >= 0.3 is 6.09 Å². The van der Waals surface area contributed by atoms with Crippen molar-refractivity contribution in [2.24, 2.45) is 0 Å². The number of H-pyrrole nitrogens is 1. The Kier molecular flexibility index (Phi) is 4.88. The van der Waals surface area contributed by atoms with Crippen molar-refractivity contribution in [1.29, 1.82) is 0 Å². The summed E-state index contributed by atoms with van der Waals surface area (Å²) < 4.78 is 19.4. The summed E-state index contributed by atoms with van der Waals surface area (Å²) in [4.78, 5) is 40.3. The standard InChI is InChI=1S/C23H21FN4O4/c1-32-23(31)28-12-14-10-15(28)11-27(14)22(30)18-8-13(6-7-19(18)24)9-20-16-4-2-3-5-17(16)21(29)26-25-20/h2-8,14-15H,9-12H2,1H3,(H,26,29). The molecular weight excluding hydrogens is 415 g/mol. The van der Waals surface area contributed by atoms with Crippen LogP contribution in [0.2, 0.25) is 0 Å². The van der Waals surface area contributed by atoms with E-state index >= 15 is 0 Å². The van der Waals surface area contributed by atoms with Crippen molar-refractivity contribution in [2.45, 2.75) is 24.9 Å². The number of carbonyl (C=O) groups is 2. The first kappa shape index (κ1) is 20.2. The minimum Gasteiger partial charge on any atom is -0.453 e. The van der Waals surface area contributed by atoms with Crippen LogP contribution in [-0.2, 0) is 11.2 Å². The highest BCUT2D eigenvalue weighted by atomic mass is 19.1. The molecule has 2 fully saturated rings. The number of hydrogen-bond acceptors (Lipinski definition) is 5. The molecule has 2 aromatic carbocycles. The van der Waals surface area contributed by atoms with Crippen molar-refractivity contribution in [3.8, 4) is 0 Å². The van der Waals surface area contributed by atoms with Crippen LogP contribution in [0.1, 0.15) is 28.0 Å². The van der Waals surface area contributed by atoms with Gasteiger partial charge in [-0.05, 0) is 30.2 Å². The average Bonchev–Trinajstić information content (AvgIpc) is 3.42. The fourth-order valence-electron chi connectivity index (χ4n) is 4.76. The van der Waals surface area contributed by atoms with Crippen molar-refractivity contribution >= 4 is 22.8 Å². The van der Waals surface area contributed by atoms with Gasteiger partial charge < -0.3 is 14.5 Å². The van der Waals surface area contributed by atoms with Gasteiger partial charge in [-0.3, -0.25) is 9.59 Å². The smallest absolute Gasteiger partial charge is 0.409 e. The number of ether oxygens (including phenoxy) is 1. The van der Waals surface area contributed by atoms with E-state index in [0.29, 0.717) is 48.0 Å². The van der Waals surface area contributed by atoms with Gasteiger partial charge in [0.2, 0.25) is 0 Å². The van der Waals surface area contributed by atoms with E-state index in [1.807, 2.05) is 12.1 Å². The Balaban J connectivity index is 1.40. The molecule has 0 spiro atoms. The number of likely N-dealkylation sites (tertiary alicyclic amines) is 2. The van der Waals surface area contributed by atoms with Gasteiger partial charge in [0.15, 0.2) is 0 Å². The number of halogens is 1. The summed E-state index contributed by atoms with van der Waals surface area (Å²) in [7, 11) is 1.33. The molecule has 3 heterocycles. The molecule has 2 aliphatic rings. The summed E-state index contributed by atoms with van der Waals surface area (Å²) in [5, 5.41) is 7.90. The van der Waals surface area contributed by atoms with E-state index in [4.69, 9.17) is 4.74 Å². The maximum Gasteiger partial charge on any atom is 0.409 e. The van der Waals surface area contributed by atoms with E-state index in [9.17, 15) is 18.8 Å². The summed E-state index contributed by atoms with van der Waals surface area (Å²) in [6.07, 6.45) is 0.591. The average molecular weight is 436 g/mol. The van der Waals surface area contributed by atoms with Gasteiger partial charge in [0, 0.05) is 24.9 Å². The number of benzene rings is 2. The molecule has 164 valence electrons. The quantitative estimate of drug-likeness (QED) is 0.680. The number of fused-ring (bicyclic) bond motifs is 3. The Morgan fingerprint density at radius 1 is 1.12 bits per heavy atom. The second-order valence-corrected chi connectivity index (χ2v) is 8.16. The third kappa shape index (κ3) is 3.30. The van der Waals surface area contributed by atoms with Gasteiger partial charge in [-0.15, -0.1) is 0 Å². The minimum absolute atomic E-state index is 0.00611. The fraction of sp³-hybridized carbons (Fsp3) is 0.304. The predicted octanol–water partition coefficient (Wildman–Crippen LogP) is 2.32. The van der Waals surface area contributed by atoms with Crippen molar-refractivity contribution in [3.63, 3.8) is 0 Å². The van der Waals surface area contributed by atoms with Crippen LogP contribution in [0.15, 0.2) is 47.3 Å². The molecule has 2 atom stereocenters. The Morgan fingerprint density at radius 2 is 1.84 bits per heavy atom. The topological polar surface area (TPSA) is 95.6 Å². The molecular formula is C23H21FN4O4. The highest BCUT2D eigenvalue weighted by molar-refractivity contribution is 5.95. The molecule has 2 unspecified atom stereocenters. The highest BCUT2D eigenvalue weighted by Gasteiger charge is 2.48. The number of amides is 2. The van der Waals surface area contributed by atoms with Crippen molar-refractivity contribution < 1.29 is 18.7 Å². The lowest BCUT2D eigenvalue weighted by Gasteiger charge is -2.33. The number of nitrogens with one attached hydrogen (secondary N) is 1. The monoisotopic (exact) mass is 436 g/mol. The summed E-state index contributed by atoms with van der Waals surface area (Å²) in [5.41, 5.74) is 1.07. The largest absolute Gasteiger partial charge is 0.453 e. The summed E-state index contributed by atoms with van der Waals surface area (Å²) >= 11 is 0. The van der Waals surface area contributed by atoms with Crippen LogP contribution in [0, 0.1) is 5.82 Å². The number of carbonyl (C=O) groups excluding carboxylic acids is 2. The van der Waals surface area contributed by atoms with Gasteiger partial charge in [0.1, 0.15) is 5.82 Å². The molecule has 9 heteroatoms. The van der Waals surface area contributed by atoms with Crippen LogP contribution in [-0.4, -0.2) is 64.3 Å². The maximum absolute atomic E-state index is 14.6. The van der Waals surface area contributed by atoms with Crippen LogP contribution < -0.4 is 5.56 Å². The SMILES string of the molecule is COC(=O)N1CC2CC1CN2C(=O)c1cc(Cc2n[nH]c(=O)c3ccccc23)ccc1F. The van der Waals surface area contributed by atoms with E-state index < -0.39 is 11.9 Å². The third-order valence-electron chi connectivity index (χ3n) is 6.32. The normalized spacial score (nSPS) is 19.6. The maximum atomic E-state index is 14.6. The highest BCUT2D eigenvalue weighted by Crippen LogP contribution is 2.32. The lowest BCUT2D eigenvalue weighted by molar-refractivity contribution is 0.0584. The van der Waals surface area contributed by atoms with Gasteiger partial charge in [0.05, 0.1) is 35.8 Å². The molecule has 8 nitrogen and oxygen atoms in total. The predicted molar refractivity (Wildman–Crippen MR) is 114 cm³/mol. The summed E-state index contributed by atoms with van der Waals surface area (Å²) in [5.74, 6) is -0.980. The first-order valence-corrected chi connectivity index (χ1v) is 10.4. The van der Waals surface area contributed by atoms with Gasteiger partial charge in [-0.25, -0.2) is 14.3 Å². The van der Waals surface area contributed by atoms with Crippen molar-refractivity contribution in [1.82, 2.24) is 20.0 Å². The summed E-state index contributed by atoms with van der Waals surface area (Å²) in [6, 6.07) is 11.3. The Morgan fingerprint density at radius 3 is 2.56 bits per heavy atom. The van der Waals surface area contributed by atoms with E-state index in [2.05, 4.69) is 10.2 Å². The molecule has 32 heavy (non-hydrogen) atoms. The van der Waals surface area contributed by atoms with Gasteiger partial charge in [-0.1, -0.05) is 24.3 Å². The Labute approximate surface area is 182 Å². The van der Waals surface area contributed by atoms with Gasteiger partial charge in [-0.2, -0.15) is 5.10 Å². The molecule has 2 aliphatic heterocycles. The van der Waals surface area contributed by atoms with E-state index in [1.54, 1.807) is 34.1 Å². The number of methoxy groups -OCH3 is 1. The molecule has 0 radical (unpaired) electrons. The third-order valence-corrected chi connectivity index (χ3v) is 6.32. The lowest BCUT2D eigenvalue weighted by atomic mass is 10.0. The number of aromatic nitrogens is 2. The van der Waals surface area contributed by atoms with Crippen molar-refractivity contribution in [3.05, 3.63) is 75.5 Å². The summed E-state index contributed by atoms with van der Waals surface area (Å²) in [6.45, 7) is 0.742. The zero-order valence-electron chi connectivity index (χ0n) is 17.4. The minimum atomic E-state index is -0.592. The zero-order chi connectivity index (χ0) is 22.4. The molecule has 3 aromatic rings. The molecule has 1 aromatic heterocycles. The molecule has 2 bridgehead atoms. The van der Waals surface area contributed by atoms with Crippen LogP contribution in [0.4, 0.5) is 9.18 Å². The first-order valence-electron chi connectivity index (χ1n) is 10.4. The second kappa shape index (κ2) is 7.74. The molecule has 0 aliphatic carbocycles. The number of piperazine rings is 1. The second-order valence-electron chi connectivity index (χ2n) is 8.16. The van der Waals surface area contributed by atoms with E-state index in [0.717, 1.165) is 0 Å². The number of nitrogens with zero attached hydrogens (tertiary/aromatic N) is 3. The van der Waals surface area contributed by atoms with Crippen molar-refractivity contribution in [2.75, 3.05) is 20.2 Å². The molecule has 0 saturated carbocycles. The molecule has 1 N–H and O–H groups in total. The molecule has 2 amide bonds. The number of aromatic amines is 1. The Bertz CT molecular complexity index is 1290. The molecule has 5 rings (SSSR count). The first-order chi connectivity index (χ1) is 15.5. The lowest BCUT2D eigenvalue weighted by Crippen LogP contribution is -2.50. The number of hydrogen-bond donors (Lipinski definition) is 1. The zero-order valence-corrected chi connectivity index (χ0v) is 17.4. The van der Waals surface area contributed by atoms with Crippen LogP contribution >= 0.6 is 0 Å². The number of rotatable bonds is 3.